The molecule has 1 N–H and O–H groups in total. The van der Waals surface area contributed by atoms with Crippen LogP contribution in [0.4, 0.5) is 9.52 Å². The van der Waals surface area contributed by atoms with E-state index in [1.165, 1.54) is 23.5 Å². The normalized spacial score (nSPS) is 15.6. The summed E-state index contributed by atoms with van der Waals surface area (Å²) in [4.78, 5) is 29.9. The number of halogens is 1. The molecule has 1 aromatic heterocycles. The van der Waals surface area contributed by atoms with Gasteiger partial charge < -0.3 is 4.74 Å². The molecule has 5 nitrogen and oxygen atoms in total. The van der Waals surface area contributed by atoms with Crippen molar-refractivity contribution in [1.82, 2.24) is 4.98 Å². The van der Waals surface area contributed by atoms with E-state index >= 15 is 0 Å². The molecule has 0 saturated carbocycles. The maximum atomic E-state index is 13.0. The van der Waals surface area contributed by atoms with Crippen LogP contribution in [0.25, 0.3) is 0 Å². The van der Waals surface area contributed by atoms with Gasteiger partial charge >= 0.3 is 5.97 Å². The van der Waals surface area contributed by atoms with Crippen LogP contribution in [0.15, 0.2) is 48.7 Å². The molecule has 1 aliphatic rings. The molecule has 2 heterocycles. The number of cyclic esters (lactones) is 1. The average Bonchev–Trinajstić information content (AvgIpc) is 3.10. The number of esters is 1. The van der Waals surface area contributed by atoms with Gasteiger partial charge in [-0.25, -0.2) is 14.2 Å². The van der Waals surface area contributed by atoms with Crippen LogP contribution < -0.4 is 5.32 Å². The second-order valence-electron chi connectivity index (χ2n) is 6.68. The number of fused-ring (bicyclic) bond motifs is 1. The van der Waals surface area contributed by atoms with E-state index in [9.17, 15) is 14.0 Å². The number of ether oxygens (including phenoxy) is 1. The maximum Gasteiger partial charge on any atom is 0.339 e. The van der Waals surface area contributed by atoms with E-state index in [2.05, 4.69) is 10.3 Å². The highest BCUT2D eigenvalue weighted by molar-refractivity contribution is 7.15. The number of aryl methyl sites for hydroxylation is 1. The Morgan fingerprint density at radius 3 is 2.86 bits per heavy atom. The zero-order chi connectivity index (χ0) is 19.7. The molecule has 3 aromatic rings. The molecule has 0 bridgehead atoms. The van der Waals surface area contributed by atoms with Gasteiger partial charge in [-0.1, -0.05) is 29.8 Å². The Bertz CT molecular complexity index is 1050. The number of hydrogen-bond donors (Lipinski definition) is 1. The molecule has 1 atom stereocenters. The molecule has 0 aliphatic carbocycles. The molecular formula is C21H17FN2O3S. The predicted molar refractivity (Wildman–Crippen MR) is 104 cm³/mol. The second-order valence-corrected chi connectivity index (χ2v) is 7.80. The lowest BCUT2D eigenvalue weighted by Gasteiger charge is -2.23. The van der Waals surface area contributed by atoms with Gasteiger partial charge in [0, 0.05) is 23.9 Å². The molecule has 4 rings (SSSR count). The predicted octanol–water partition coefficient (Wildman–Crippen LogP) is 3.90. The zero-order valence-electron chi connectivity index (χ0n) is 15.1. The van der Waals surface area contributed by atoms with Crippen molar-refractivity contribution in [3.05, 3.63) is 81.6 Å². The van der Waals surface area contributed by atoms with Crippen LogP contribution in [-0.4, -0.2) is 23.0 Å². The van der Waals surface area contributed by atoms with Crippen molar-refractivity contribution in [2.24, 2.45) is 0 Å². The minimum Gasteiger partial charge on any atom is -0.448 e. The van der Waals surface area contributed by atoms with Crippen molar-refractivity contribution >= 4 is 28.3 Å². The highest BCUT2D eigenvalue weighted by Gasteiger charge is 2.31. The van der Waals surface area contributed by atoms with E-state index in [1.54, 1.807) is 24.4 Å². The number of benzene rings is 2. The number of carbonyl (C=O) groups is 2. The van der Waals surface area contributed by atoms with Crippen molar-refractivity contribution < 1.29 is 18.7 Å². The summed E-state index contributed by atoms with van der Waals surface area (Å²) in [6.07, 6.45) is 1.72. The van der Waals surface area contributed by atoms with Crippen LogP contribution in [0.3, 0.4) is 0 Å². The van der Waals surface area contributed by atoms with E-state index in [4.69, 9.17) is 4.74 Å². The zero-order valence-corrected chi connectivity index (χ0v) is 15.9. The van der Waals surface area contributed by atoms with Gasteiger partial charge in [0.15, 0.2) is 11.2 Å². The molecule has 0 radical (unpaired) electrons. The Kier molecular flexibility index (Phi) is 4.92. The monoisotopic (exact) mass is 396 g/mol. The Labute approximate surface area is 165 Å². The summed E-state index contributed by atoms with van der Waals surface area (Å²) in [6, 6.07) is 11.7. The number of amides is 1. The average molecular weight is 396 g/mol. The van der Waals surface area contributed by atoms with Gasteiger partial charge in [-0.15, -0.1) is 11.3 Å². The van der Waals surface area contributed by atoms with Crippen LogP contribution in [0, 0.1) is 12.7 Å². The summed E-state index contributed by atoms with van der Waals surface area (Å²) in [6.45, 7) is 1.94. The molecule has 1 unspecified atom stereocenters. The first-order chi connectivity index (χ1) is 13.5. The minimum absolute atomic E-state index is 0.278. The Hall–Kier alpha value is -3.06. The van der Waals surface area contributed by atoms with E-state index in [-0.39, 0.29) is 5.82 Å². The van der Waals surface area contributed by atoms with Gasteiger partial charge in [0.2, 0.25) is 0 Å². The summed E-state index contributed by atoms with van der Waals surface area (Å²) < 4.78 is 18.3. The summed E-state index contributed by atoms with van der Waals surface area (Å²) >= 11 is 1.34. The summed E-state index contributed by atoms with van der Waals surface area (Å²) in [7, 11) is 0. The van der Waals surface area contributed by atoms with Gasteiger partial charge in [-0.2, -0.15) is 0 Å². The van der Waals surface area contributed by atoms with E-state index in [0.29, 0.717) is 23.5 Å². The lowest BCUT2D eigenvalue weighted by molar-refractivity contribution is -0.125. The number of anilines is 1. The fourth-order valence-electron chi connectivity index (χ4n) is 3.11. The SMILES string of the molecule is Cc1ccc2c(c1)CC(C(=O)Nc1ncc(Cc3ccc(F)cc3)s1)OC2=O. The highest BCUT2D eigenvalue weighted by atomic mass is 32.1. The molecule has 0 spiro atoms. The third kappa shape index (κ3) is 3.94. The third-order valence-electron chi connectivity index (χ3n) is 4.50. The van der Waals surface area contributed by atoms with Gasteiger partial charge in [0.1, 0.15) is 5.82 Å². The van der Waals surface area contributed by atoms with Gasteiger partial charge in [0.05, 0.1) is 5.56 Å². The van der Waals surface area contributed by atoms with Crippen molar-refractivity contribution in [3.63, 3.8) is 0 Å². The Morgan fingerprint density at radius 2 is 2.07 bits per heavy atom. The number of nitrogens with one attached hydrogen (secondary N) is 1. The molecular weight excluding hydrogens is 379 g/mol. The molecule has 28 heavy (non-hydrogen) atoms. The van der Waals surface area contributed by atoms with E-state index in [1.807, 2.05) is 19.1 Å². The van der Waals surface area contributed by atoms with Crippen molar-refractivity contribution in [1.29, 1.82) is 0 Å². The van der Waals surface area contributed by atoms with Gasteiger partial charge in [0.25, 0.3) is 5.91 Å². The maximum absolute atomic E-state index is 13.0. The first-order valence-electron chi connectivity index (χ1n) is 8.78. The molecule has 7 heteroatoms. The lowest BCUT2D eigenvalue weighted by atomic mass is 9.96. The topological polar surface area (TPSA) is 68.3 Å². The third-order valence-corrected chi connectivity index (χ3v) is 5.42. The van der Waals surface area contributed by atoms with Crippen LogP contribution in [0.1, 0.15) is 31.9 Å². The number of thiazole rings is 1. The van der Waals surface area contributed by atoms with Crippen molar-refractivity contribution in [3.8, 4) is 0 Å². The standard InChI is InChI=1S/C21H17FN2O3S/c1-12-2-7-17-14(8-12)10-18(27-20(17)26)19(25)24-21-23-11-16(28-21)9-13-3-5-15(22)6-4-13/h2-8,11,18H,9-10H2,1H3,(H,23,24,25). The van der Waals surface area contributed by atoms with Crippen LogP contribution in [0.5, 0.6) is 0 Å². The van der Waals surface area contributed by atoms with Crippen LogP contribution >= 0.6 is 11.3 Å². The van der Waals surface area contributed by atoms with E-state index < -0.39 is 18.0 Å². The molecule has 1 amide bonds. The Morgan fingerprint density at radius 1 is 1.29 bits per heavy atom. The summed E-state index contributed by atoms with van der Waals surface area (Å²) in [5, 5.41) is 3.16. The minimum atomic E-state index is -0.883. The van der Waals surface area contributed by atoms with Crippen molar-refractivity contribution in [2.45, 2.75) is 25.9 Å². The smallest absolute Gasteiger partial charge is 0.339 e. The lowest BCUT2D eigenvalue weighted by Crippen LogP contribution is -2.38. The summed E-state index contributed by atoms with van der Waals surface area (Å²) in [5.41, 5.74) is 3.30. The number of hydrogen-bond acceptors (Lipinski definition) is 5. The fourth-order valence-corrected chi connectivity index (χ4v) is 3.96. The number of carbonyl (C=O) groups excluding carboxylic acids is 2. The summed E-state index contributed by atoms with van der Waals surface area (Å²) in [5.74, 6) is -1.17. The Balaban J connectivity index is 1.42. The molecule has 1 aliphatic heterocycles. The van der Waals surface area contributed by atoms with Crippen molar-refractivity contribution in [2.75, 3.05) is 5.32 Å². The number of nitrogens with zero attached hydrogens (tertiary/aromatic N) is 1. The second kappa shape index (κ2) is 7.52. The molecule has 0 saturated heterocycles. The highest BCUT2D eigenvalue weighted by Crippen LogP contribution is 2.25. The first-order valence-corrected chi connectivity index (χ1v) is 9.60. The van der Waals surface area contributed by atoms with Gasteiger partial charge in [-0.3, -0.25) is 10.1 Å². The molecule has 2 aromatic carbocycles. The molecule has 0 fully saturated rings. The largest absolute Gasteiger partial charge is 0.448 e. The fraction of sp³-hybridized carbons (Fsp3) is 0.190. The number of aromatic nitrogens is 1. The first kappa shape index (κ1) is 18.3. The molecule has 142 valence electrons. The quantitative estimate of drug-likeness (QED) is 0.679. The van der Waals surface area contributed by atoms with Crippen LogP contribution in [-0.2, 0) is 22.4 Å². The van der Waals surface area contributed by atoms with Crippen LogP contribution in [0.2, 0.25) is 0 Å². The van der Waals surface area contributed by atoms with Gasteiger partial charge in [-0.05, 0) is 36.2 Å². The number of rotatable bonds is 4. The van der Waals surface area contributed by atoms with E-state index in [0.717, 1.165) is 21.6 Å².